The Morgan fingerprint density at radius 3 is 0.538 bits per heavy atom. The van der Waals surface area contributed by atoms with E-state index in [4.69, 9.17) is 44.0 Å². The molecular formula is H6AlO9P3. The van der Waals surface area contributed by atoms with Crippen molar-refractivity contribution in [2.24, 2.45) is 0 Å². The van der Waals surface area contributed by atoms with Crippen LogP contribution in [0.15, 0.2) is 0 Å². The molecule has 0 saturated carbocycles. The first-order valence-corrected chi connectivity index (χ1v) is 5.24. The standard InChI is InChI=1S/Al.3H2O3P/c;3*1-4(2)3/h;3*1-2H/q+3;3*-1. The molecule has 0 amide bonds. The molecule has 0 saturated heterocycles. The van der Waals surface area contributed by atoms with E-state index >= 15 is 0 Å². The maximum atomic E-state index is 8.70. The van der Waals surface area contributed by atoms with Gasteiger partial charge in [0.2, 0.25) is 0 Å². The van der Waals surface area contributed by atoms with Gasteiger partial charge in [0.15, 0.2) is 0 Å². The van der Waals surface area contributed by atoms with Crippen molar-refractivity contribution in [2.75, 3.05) is 0 Å². The van der Waals surface area contributed by atoms with Crippen LogP contribution in [-0.4, -0.2) is 46.7 Å². The second-order valence-electron chi connectivity index (χ2n) is 0.758. The Bertz CT molecular complexity index is 43.4. The van der Waals surface area contributed by atoms with Gasteiger partial charge in [0, 0.05) is 0 Å². The van der Waals surface area contributed by atoms with Crippen LogP contribution in [0, 0.1) is 0 Å². The van der Waals surface area contributed by atoms with Gasteiger partial charge in [-0.2, -0.15) is 0 Å². The van der Waals surface area contributed by atoms with E-state index in [2.05, 4.69) is 0 Å². The predicted octanol–water partition coefficient (Wildman–Crippen LogP) is -4.71. The van der Waals surface area contributed by atoms with Crippen LogP contribution < -0.4 is 14.7 Å². The summed E-state index contributed by atoms with van der Waals surface area (Å²) in [5.41, 5.74) is 0. The largest absolute Gasteiger partial charge is 3.00 e. The second kappa shape index (κ2) is 19.1. The summed E-state index contributed by atoms with van der Waals surface area (Å²) in [5.74, 6) is 0. The van der Waals surface area contributed by atoms with Crippen LogP contribution >= 0.6 is 25.8 Å². The van der Waals surface area contributed by atoms with E-state index < -0.39 is 25.8 Å². The fourth-order valence-electron chi connectivity index (χ4n) is 0. The van der Waals surface area contributed by atoms with Crippen LogP contribution in [0.2, 0.25) is 0 Å². The zero-order valence-electron chi connectivity index (χ0n) is 5.83. The number of hydrogen-bond acceptors (Lipinski definition) is 9. The van der Waals surface area contributed by atoms with E-state index in [1.54, 1.807) is 0 Å². The minimum absolute atomic E-state index is 0. The number of hydrogen-bond donors (Lipinski definition) is 6. The molecule has 0 rings (SSSR count). The molecular weight excluding hydrogens is 264 g/mol. The SMILES string of the molecule is [Al+3].[O-]P(O)O.[O-]P(O)O.[O-]P(O)O. The second-order valence-corrected chi connectivity index (χ2v) is 2.27. The Morgan fingerprint density at radius 2 is 0.538 bits per heavy atom. The summed E-state index contributed by atoms with van der Waals surface area (Å²) in [7, 11) is -8.61. The van der Waals surface area contributed by atoms with Crippen LogP contribution in [0.5, 0.6) is 0 Å². The van der Waals surface area contributed by atoms with Crippen LogP contribution in [-0.2, 0) is 0 Å². The predicted molar refractivity (Wildman–Crippen MR) is 39.8 cm³/mol. The molecule has 0 unspecified atom stereocenters. The van der Waals surface area contributed by atoms with Crippen LogP contribution in [0.25, 0.3) is 0 Å². The Balaban J connectivity index is -0.0000000450. The Kier molecular flexibility index (Phi) is 35.2. The summed E-state index contributed by atoms with van der Waals surface area (Å²) >= 11 is 0. The minimum Gasteiger partial charge on any atom is -0.786 e. The van der Waals surface area contributed by atoms with E-state index in [1.807, 2.05) is 0 Å². The first-order chi connectivity index (χ1) is 5.20. The molecule has 0 spiro atoms. The molecule has 0 bridgehead atoms. The summed E-state index contributed by atoms with van der Waals surface area (Å²) in [6.45, 7) is 0. The van der Waals surface area contributed by atoms with E-state index in [-0.39, 0.29) is 17.4 Å². The van der Waals surface area contributed by atoms with Gasteiger partial charge in [-0.3, -0.25) is 0 Å². The average molecular weight is 270 g/mol. The Labute approximate surface area is 87.7 Å². The van der Waals surface area contributed by atoms with Gasteiger partial charge in [0.05, 0.1) is 25.8 Å². The third kappa shape index (κ3) is 827. The molecule has 0 aliphatic carbocycles. The smallest absolute Gasteiger partial charge is 0.786 e. The molecule has 78 valence electrons. The molecule has 0 aromatic heterocycles. The van der Waals surface area contributed by atoms with E-state index in [9.17, 15) is 0 Å². The van der Waals surface area contributed by atoms with Crippen molar-refractivity contribution in [3.8, 4) is 0 Å². The fourth-order valence-corrected chi connectivity index (χ4v) is 0. The first-order valence-electron chi connectivity index (χ1n) is 1.75. The van der Waals surface area contributed by atoms with E-state index in [1.165, 1.54) is 0 Å². The van der Waals surface area contributed by atoms with Crippen molar-refractivity contribution in [3.05, 3.63) is 0 Å². The van der Waals surface area contributed by atoms with Gasteiger partial charge in [0.25, 0.3) is 0 Å². The van der Waals surface area contributed by atoms with E-state index in [0.29, 0.717) is 0 Å². The first kappa shape index (κ1) is 23.9. The average Bonchev–Trinajstić information content (AvgIpc) is 1.54. The quantitative estimate of drug-likeness (QED) is 0.185. The molecule has 0 heterocycles. The summed E-state index contributed by atoms with van der Waals surface area (Å²) in [6.07, 6.45) is 0. The van der Waals surface area contributed by atoms with Gasteiger partial charge < -0.3 is 44.0 Å². The van der Waals surface area contributed by atoms with Crippen LogP contribution in [0.4, 0.5) is 0 Å². The summed E-state index contributed by atoms with van der Waals surface area (Å²) in [5, 5.41) is 0. The van der Waals surface area contributed by atoms with Crippen molar-refractivity contribution in [2.45, 2.75) is 0 Å². The monoisotopic (exact) mass is 270 g/mol. The minimum atomic E-state index is -2.87. The molecule has 0 atom stereocenters. The summed E-state index contributed by atoms with van der Waals surface area (Å²) < 4.78 is 0. The van der Waals surface area contributed by atoms with Crippen molar-refractivity contribution >= 4 is 43.2 Å². The zero-order valence-corrected chi connectivity index (χ0v) is 9.66. The van der Waals surface area contributed by atoms with Gasteiger partial charge in [-0.1, -0.05) is 0 Å². The molecule has 0 fully saturated rings. The van der Waals surface area contributed by atoms with Gasteiger partial charge >= 0.3 is 17.4 Å². The van der Waals surface area contributed by atoms with Gasteiger partial charge in [-0.15, -0.1) is 0 Å². The van der Waals surface area contributed by atoms with Crippen molar-refractivity contribution < 1.29 is 44.0 Å². The molecule has 0 aromatic rings. The topological polar surface area (TPSA) is 191 Å². The third-order valence-corrected chi connectivity index (χ3v) is 0. The van der Waals surface area contributed by atoms with Crippen molar-refractivity contribution in [1.82, 2.24) is 0 Å². The normalized spacial score (nSPS) is 8.31. The maximum absolute atomic E-state index is 8.70. The van der Waals surface area contributed by atoms with Crippen molar-refractivity contribution in [3.63, 3.8) is 0 Å². The number of rotatable bonds is 0. The van der Waals surface area contributed by atoms with E-state index in [0.717, 1.165) is 0 Å². The fraction of sp³-hybridized carbons (Fsp3) is 0. The molecule has 9 nitrogen and oxygen atoms in total. The molecule has 0 radical (unpaired) electrons. The van der Waals surface area contributed by atoms with Gasteiger partial charge in [-0.05, 0) is 0 Å². The third-order valence-electron chi connectivity index (χ3n) is 0. The van der Waals surface area contributed by atoms with Gasteiger partial charge in [0.1, 0.15) is 0 Å². The molecule has 6 N–H and O–H groups in total. The molecule has 0 aliphatic rings. The molecule has 13 heteroatoms. The maximum Gasteiger partial charge on any atom is 3.00 e. The Hall–Kier alpha value is 1.46. The van der Waals surface area contributed by atoms with Crippen LogP contribution in [0.1, 0.15) is 0 Å². The molecule has 13 heavy (non-hydrogen) atoms. The molecule has 0 aliphatic heterocycles. The Morgan fingerprint density at radius 1 is 0.538 bits per heavy atom. The summed E-state index contributed by atoms with van der Waals surface area (Å²) in [4.78, 5) is 68.8. The van der Waals surface area contributed by atoms with Gasteiger partial charge in [-0.25, -0.2) is 0 Å². The molecule has 0 aromatic carbocycles. The van der Waals surface area contributed by atoms with Crippen molar-refractivity contribution in [1.29, 1.82) is 0 Å². The summed E-state index contributed by atoms with van der Waals surface area (Å²) in [6, 6.07) is 0. The zero-order chi connectivity index (χ0) is 10.7. The van der Waals surface area contributed by atoms with Crippen LogP contribution in [0.3, 0.4) is 0 Å².